The van der Waals surface area contributed by atoms with E-state index in [0.717, 1.165) is 17.4 Å². The van der Waals surface area contributed by atoms with Crippen molar-refractivity contribution in [3.8, 4) is 0 Å². The van der Waals surface area contributed by atoms with E-state index < -0.39 is 11.2 Å². The number of nitrogens with one attached hydrogen (secondary N) is 2. The number of rotatable bonds is 5. The van der Waals surface area contributed by atoms with Crippen LogP contribution < -0.4 is 16.6 Å². The van der Waals surface area contributed by atoms with Gasteiger partial charge in [-0.3, -0.25) is 23.6 Å². The van der Waals surface area contributed by atoms with Gasteiger partial charge in [-0.2, -0.15) is 5.10 Å². The number of aryl methyl sites for hydroxylation is 1. The highest BCUT2D eigenvalue weighted by Crippen LogP contribution is 2.17. The van der Waals surface area contributed by atoms with Crippen LogP contribution in [0.1, 0.15) is 23.2 Å². The normalized spacial score (nSPS) is 14.7. The predicted molar refractivity (Wildman–Crippen MR) is 114 cm³/mol. The van der Waals surface area contributed by atoms with Crippen molar-refractivity contribution in [2.75, 3.05) is 19.6 Å². The van der Waals surface area contributed by atoms with Crippen LogP contribution >= 0.6 is 0 Å². The Balaban J connectivity index is 1.33. The molecule has 1 aromatic carbocycles. The van der Waals surface area contributed by atoms with Crippen LogP contribution in [-0.4, -0.2) is 55.7 Å². The number of amides is 2. The molecule has 0 bridgehead atoms. The summed E-state index contributed by atoms with van der Waals surface area (Å²) in [6.45, 7) is 1.28. The molecule has 4 rings (SSSR count). The summed E-state index contributed by atoms with van der Waals surface area (Å²) in [6, 6.07) is 6.73. The Kier molecular flexibility index (Phi) is 5.70. The van der Waals surface area contributed by atoms with Gasteiger partial charge in [-0.15, -0.1) is 0 Å². The quantitative estimate of drug-likeness (QED) is 0.601. The Labute approximate surface area is 177 Å². The molecule has 0 radical (unpaired) electrons. The van der Waals surface area contributed by atoms with Crippen molar-refractivity contribution in [2.45, 2.75) is 19.4 Å². The van der Waals surface area contributed by atoms with E-state index in [1.54, 1.807) is 47.1 Å². The van der Waals surface area contributed by atoms with Crippen LogP contribution in [-0.2, 0) is 18.4 Å². The number of hydrogen-bond donors (Lipinski definition) is 2. The molecule has 2 aromatic heterocycles. The molecule has 3 aromatic rings. The van der Waals surface area contributed by atoms with Gasteiger partial charge in [0.2, 0.25) is 5.91 Å². The molecule has 31 heavy (non-hydrogen) atoms. The molecule has 10 heteroatoms. The molecule has 1 saturated heterocycles. The SMILES string of the molecule is Cn1cc(C(=O)NCC2CCN(C(=O)Cn3c(=O)[nH]c4ccccc4c3=O)CC2)cn1. The van der Waals surface area contributed by atoms with Crippen LogP contribution in [0.3, 0.4) is 0 Å². The van der Waals surface area contributed by atoms with E-state index in [9.17, 15) is 19.2 Å². The summed E-state index contributed by atoms with van der Waals surface area (Å²) >= 11 is 0. The van der Waals surface area contributed by atoms with Gasteiger partial charge in [-0.1, -0.05) is 12.1 Å². The van der Waals surface area contributed by atoms with Crippen molar-refractivity contribution in [3.05, 3.63) is 63.1 Å². The predicted octanol–water partition coefficient (Wildman–Crippen LogP) is 0.0919. The molecule has 0 spiro atoms. The van der Waals surface area contributed by atoms with Crippen LogP contribution in [0.2, 0.25) is 0 Å². The van der Waals surface area contributed by atoms with Crippen molar-refractivity contribution >= 4 is 22.7 Å². The molecule has 0 atom stereocenters. The summed E-state index contributed by atoms with van der Waals surface area (Å²) in [5.74, 6) is -0.168. The molecule has 0 saturated carbocycles. The number of carbonyl (C=O) groups is 2. The van der Waals surface area contributed by atoms with Crippen molar-refractivity contribution in [2.24, 2.45) is 13.0 Å². The number of nitrogens with zero attached hydrogens (tertiary/aromatic N) is 4. The first-order valence-corrected chi connectivity index (χ1v) is 10.2. The number of carbonyl (C=O) groups excluding carboxylic acids is 2. The number of piperidine rings is 1. The zero-order chi connectivity index (χ0) is 22.0. The first-order chi connectivity index (χ1) is 14.9. The maximum atomic E-state index is 12.7. The Morgan fingerprint density at radius 2 is 1.94 bits per heavy atom. The number of hydrogen-bond acceptors (Lipinski definition) is 5. The van der Waals surface area contributed by atoms with Crippen molar-refractivity contribution in [1.29, 1.82) is 0 Å². The van der Waals surface area contributed by atoms with Crippen LogP contribution in [0, 0.1) is 5.92 Å². The van der Waals surface area contributed by atoms with Crippen LogP contribution in [0.15, 0.2) is 46.2 Å². The summed E-state index contributed by atoms with van der Waals surface area (Å²) in [4.78, 5) is 54.1. The average molecular weight is 424 g/mol. The largest absolute Gasteiger partial charge is 0.352 e. The van der Waals surface area contributed by atoms with Gasteiger partial charge in [0, 0.05) is 32.9 Å². The fourth-order valence-electron chi connectivity index (χ4n) is 3.84. The lowest BCUT2D eigenvalue weighted by Gasteiger charge is -2.32. The van der Waals surface area contributed by atoms with Crippen molar-refractivity contribution in [3.63, 3.8) is 0 Å². The maximum Gasteiger partial charge on any atom is 0.329 e. The summed E-state index contributed by atoms with van der Waals surface area (Å²) in [5.41, 5.74) is -0.0951. The zero-order valence-corrected chi connectivity index (χ0v) is 17.2. The lowest BCUT2D eigenvalue weighted by Crippen LogP contribution is -2.46. The number of benzene rings is 1. The number of aromatic nitrogens is 4. The summed E-state index contributed by atoms with van der Waals surface area (Å²) in [6.07, 6.45) is 4.66. The zero-order valence-electron chi connectivity index (χ0n) is 17.2. The van der Waals surface area contributed by atoms with E-state index >= 15 is 0 Å². The molecule has 2 N–H and O–H groups in total. The fourth-order valence-corrected chi connectivity index (χ4v) is 3.84. The number of para-hydroxylation sites is 1. The van der Waals surface area contributed by atoms with Crippen LogP contribution in [0.25, 0.3) is 10.9 Å². The third kappa shape index (κ3) is 4.42. The highest BCUT2D eigenvalue weighted by molar-refractivity contribution is 5.93. The molecular formula is C21H24N6O4. The van der Waals surface area contributed by atoms with Gasteiger partial charge in [0.05, 0.1) is 22.7 Å². The summed E-state index contributed by atoms with van der Waals surface area (Å²) in [7, 11) is 1.75. The van der Waals surface area contributed by atoms with E-state index in [0.29, 0.717) is 36.1 Å². The van der Waals surface area contributed by atoms with Gasteiger partial charge >= 0.3 is 5.69 Å². The second kappa shape index (κ2) is 8.58. The lowest BCUT2D eigenvalue weighted by molar-refractivity contribution is -0.133. The maximum absolute atomic E-state index is 12.7. The lowest BCUT2D eigenvalue weighted by atomic mass is 9.96. The van der Waals surface area contributed by atoms with Crippen LogP contribution in [0.5, 0.6) is 0 Å². The number of likely N-dealkylation sites (tertiary alicyclic amines) is 1. The molecule has 0 aliphatic carbocycles. The average Bonchev–Trinajstić information content (AvgIpc) is 3.21. The van der Waals surface area contributed by atoms with E-state index in [1.165, 1.54) is 6.20 Å². The number of aromatic amines is 1. The summed E-state index contributed by atoms with van der Waals surface area (Å²) < 4.78 is 2.52. The van der Waals surface area contributed by atoms with E-state index in [1.807, 2.05) is 0 Å². The molecule has 1 aliphatic rings. The van der Waals surface area contributed by atoms with E-state index in [2.05, 4.69) is 15.4 Å². The molecule has 1 fully saturated rings. The van der Waals surface area contributed by atoms with E-state index in [-0.39, 0.29) is 24.3 Å². The molecule has 3 heterocycles. The minimum atomic E-state index is -0.593. The second-order valence-electron chi connectivity index (χ2n) is 7.80. The second-order valence-corrected chi connectivity index (χ2v) is 7.80. The molecule has 162 valence electrons. The first kappa shape index (κ1) is 20.6. The Morgan fingerprint density at radius 1 is 1.19 bits per heavy atom. The Hall–Kier alpha value is -3.69. The van der Waals surface area contributed by atoms with E-state index in [4.69, 9.17) is 0 Å². The molecule has 10 nitrogen and oxygen atoms in total. The Morgan fingerprint density at radius 3 is 2.65 bits per heavy atom. The van der Waals surface area contributed by atoms with Crippen molar-refractivity contribution in [1.82, 2.24) is 29.5 Å². The number of fused-ring (bicyclic) bond motifs is 1. The minimum Gasteiger partial charge on any atom is -0.352 e. The third-order valence-corrected chi connectivity index (χ3v) is 5.67. The highest BCUT2D eigenvalue weighted by Gasteiger charge is 2.24. The van der Waals surface area contributed by atoms with Gasteiger partial charge in [-0.05, 0) is 30.9 Å². The third-order valence-electron chi connectivity index (χ3n) is 5.67. The topological polar surface area (TPSA) is 122 Å². The molecule has 1 aliphatic heterocycles. The Bertz CT molecular complexity index is 1230. The highest BCUT2D eigenvalue weighted by atomic mass is 16.2. The number of H-pyrrole nitrogens is 1. The van der Waals surface area contributed by atoms with Crippen molar-refractivity contribution < 1.29 is 9.59 Å². The first-order valence-electron chi connectivity index (χ1n) is 10.2. The standard InChI is InChI=1S/C21H24N6O4/c1-25-12-15(11-23-25)19(29)22-10-14-6-8-26(9-7-14)18(28)13-27-20(30)16-4-2-3-5-17(16)24-21(27)31/h2-5,11-12,14H,6-10,13H2,1H3,(H,22,29)(H,24,31). The van der Waals surface area contributed by atoms with Gasteiger partial charge in [-0.25, -0.2) is 4.79 Å². The molecule has 0 unspecified atom stereocenters. The monoisotopic (exact) mass is 424 g/mol. The fraction of sp³-hybridized carbons (Fsp3) is 0.381. The van der Waals surface area contributed by atoms with Gasteiger partial charge in [0.15, 0.2) is 0 Å². The molecule has 2 amide bonds. The van der Waals surface area contributed by atoms with Gasteiger partial charge in [0.1, 0.15) is 6.54 Å². The van der Waals surface area contributed by atoms with Gasteiger partial charge in [0.25, 0.3) is 11.5 Å². The smallest absolute Gasteiger partial charge is 0.329 e. The minimum absolute atomic E-state index is 0.165. The van der Waals surface area contributed by atoms with Gasteiger partial charge < -0.3 is 15.2 Å². The molecular weight excluding hydrogens is 400 g/mol. The summed E-state index contributed by atoms with van der Waals surface area (Å²) in [5, 5.41) is 7.27. The van der Waals surface area contributed by atoms with Crippen LogP contribution in [0.4, 0.5) is 0 Å².